The van der Waals surface area contributed by atoms with Gasteiger partial charge in [-0.1, -0.05) is 13.8 Å². The average molecular weight is 293 g/mol. The molecule has 21 heavy (non-hydrogen) atoms. The Morgan fingerprint density at radius 2 is 2.00 bits per heavy atom. The number of non-ortho nitro benzene ring substituents is 1. The minimum absolute atomic E-state index is 0.106. The third-order valence-electron chi connectivity index (χ3n) is 3.30. The first-order chi connectivity index (χ1) is 9.90. The fraction of sp³-hybridized carbons (Fsp3) is 0.538. The van der Waals surface area contributed by atoms with Gasteiger partial charge in [-0.05, 0) is 36.4 Å². The van der Waals surface area contributed by atoms with E-state index in [4.69, 9.17) is 0 Å². The van der Waals surface area contributed by atoms with Crippen LogP contribution in [-0.2, 0) is 0 Å². The summed E-state index contributed by atoms with van der Waals surface area (Å²) in [5.74, 6) is 0.387. The molecule has 1 unspecified atom stereocenters. The quantitative estimate of drug-likeness (QED) is 0.643. The molecule has 2 aromatic rings. The number of likely N-dealkylation sites (N-methyl/N-ethyl adjacent to an activating group) is 1. The molecule has 0 aliphatic carbocycles. The molecule has 1 aromatic heterocycles. The second-order valence-electron chi connectivity index (χ2n) is 5.61. The number of aromatic nitrogens is 2. The average Bonchev–Trinajstić information content (AvgIpc) is 2.86. The Bertz CT molecular complexity index is 638. The third-order valence-corrected chi connectivity index (χ3v) is 3.30. The van der Waals surface area contributed by atoms with Crippen molar-refractivity contribution >= 4 is 22.4 Å². The summed E-state index contributed by atoms with van der Waals surface area (Å²) in [6.45, 7) is 5.07. The van der Waals surface area contributed by atoms with Crippen molar-refractivity contribution in [2.75, 3.05) is 26.0 Å². The highest BCUT2D eigenvalue weighted by Crippen LogP contribution is 2.29. The van der Waals surface area contributed by atoms with E-state index in [0.29, 0.717) is 17.1 Å². The summed E-state index contributed by atoms with van der Waals surface area (Å²) in [5, 5.41) is 21.8. The molecule has 0 spiro atoms. The van der Waals surface area contributed by atoms with Crippen LogP contribution in [0.15, 0.2) is 16.8 Å². The Labute approximate surface area is 122 Å². The molecule has 114 valence electrons. The van der Waals surface area contributed by atoms with E-state index in [1.807, 2.05) is 14.1 Å². The molecule has 1 N–H and O–H groups in total. The number of anilines is 1. The smallest absolute Gasteiger partial charge is 0.300 e. The molecule has 0 saturated carbocycles. The fourth-order valence-corrected chi connectivity index (χ4v) is 2.13. The standard InChI is InChI=1S/C13H19N5O3/c1-8(2)10(7-17(3)4)14-9-5-6-11(18(19)20)13-12(9)15-21-16-13/h5-6,8,10,14H,7H2,1-4H3. The van der Waals surface area contributed by atoms with E-state index in [0.717, 1.165) is 6.54 Å². The van der Waals surface area contributed by atoms with Gasteiger partial charge in [0.15, 0.2) is 5.52 Å². The van der Waals surface area contributed by atoms with Gasteiger partial charge in [0.25, 0.3) is 0 Å². The first-order valence-electron chi connectivity index (χ1n) is 6.71. The normalized spacial score (nSPS) is 13.0. The summed E-state index contributed by atoms with van der Waals surface area (Å²) in [6, 6.07) is 3.25. The van der Waals surface area contributed by atoms with Crippen molar-refractivity contribution < 1.29 is 9.55 Å². The van der Waals surface area contributed by atoms with Crippen molar-refractivity contribution in [3.05, 3.63) is 22.2 Å². The molecule has 0 radical (unpaired) electrons. The molecule has 2 rings (SSSR count). The highest BCUT2D eigenvalue weighted by atomic mass is 16.6. The lowest BCUT2D eigenvalue weighted by Gasteiger charge is -2.26. The topological polar surface area (TPSA) is 97.3 Å². The van der Waals surface area contributed by atoms with Gasteiger partial charge in [0.1, 0.15) is 0 Å². The first kappa shape index (κ1) is 15.2. The zero-order valence-corrected chi connectivity index (χ0v) is 12.5. The maximum Gasteiger partial charge on any atom is 0.300 e. The predicted octanol–water partition coefficient (Wildman–Crippen LogP) is 2.13. The van der Waals surface area contributed by atoms with Crippen LogP contribution in [0.2, 0.25) is 0 Å². The van der Waals surface area contributed by atoms with Crippen LogP contribution >= 0.6 is 0 Å². The van der Waals surface area contributed by atoms with Crippen molar-refractivity contribution in [1.82, 2.24) is 15.2 Å². The molecule has 0 saturated heterocycles. The SMILES string of the molecule is CC(C)C(CN(C)C)Nc1ccc([N+](=O)[O-])c2nonc12. The molecule has 0 amide bonds. The van der Waals surface area contributed by atoms with E-state index in [-0.39, 0.29) is 17.2 Å². The minimum atomic E-state index is -0.490. The van der Waals surface area contributed by atoms with Crippen LogP contribution in [0.3, 0.4) is 0 Å². The van der Waals surface area contributed by atoms with Gasteiger partial charge in [-0.3, -0.25) is 10.1 Å². The fourth-order valence-electron chi connectivity index (χ4n) is 2.13. The Kier molecular flexibility index (Phi) is 4.37. The first-order valence-corrected chi connectivity index (χ1v) is 6.71. The van der Waals surface area contributed by atoms with Crippen LogP contribution in [0.4, 0.5) is 11.4 Å². The van der Waals surface area contributed by atoms with Crippen LogP contribution < -0.4 is 5.32 Å². The molecule has 0 aliphatic heterocycles. The van der Waals surface area contributed by atoms with E-state index in [9.17, 15) is 10.1 Å². The van der Waals surface area contributed by atoms with Gasteiger partial charge >= 0.3 is 5.69 Å². The number of hydrogen-bond donors (Lipinski definition) is 1. The zero-order valence-electron chi connectivity index (χ0n) is 12.5. The number of fused-ring (bicyclic) bond motifs is 1. The highest BCUT2D eigenvalue weighted by molar-refractivity contribution is 5.93. The minimum Gasteiger partial charge on any atom is -0.379 e. The summed E-state index contributed by atoms with van der Waals surface area (Å²) in [5.41, 5.74) is 1.13. The van der Waals surface area contributed by atoms with E-state index >= 15 is 0 Å². The summed E-state index contributed by atoms with van der Waals surface area (Å²) in [7, 11) is 4.00. The molecule has 0 aliphatic rings. The number of benzene rings is 1. The van der Waals surface area contributed by atoms with Crippen molar-refractivity contribution in [2.45, 2.75) is 19.9 Å². The lowest BCUT2D eigenvalue weighted by atomic mass is 10.0. The number of rotatable bonds is 6. The van der Waals surface area contributed by atoms with Crippen molar-refractivity contribution in [3.63, 3.8) is 0 Å². The van der Waals surface area contributed by atoms with Crippen LogP contribution in [0, 0.1) is 16.0 Å². The number of nitro benzene ring substituents is 1. The van der Waals surface area contributed by atoms with Crippen LogP contribution in [0.1, 0.15) is 13.8 Å². The van der Waals surface area contributed by atoms with Gasteiger partial charge in [-0.2, -0.15) is 0 Å². The lowest BCUT2D eigenvalue weighted by molar-refractivity contribution is -0.383. The summed E-state index contributed by atoms with van der Waals surface area (Å²) in [6.07, 6.45) is 0. The van der Waals surface area contributed by atoms with Crippen LogP contribution in [0.5, 0.6) is 0 Å². The molecular weight excluding hydrogens is 274 g/mol. The number of hydrogen-bond acceptors (Lipinski definition) is 7. The second-order valence-corrected chi connectivity index (χ2v) is 5.61. The molecule has 0 fully saturated rings. The van der Waals surface area contributed by atoms with Crippen molar-refractivity contribution in [3.8, 4) is 0 Å². The van der Waals surface area contributed by atoms with Gasteiger partial charge in [-0.25, -0.2) is 4.63 Å². The Morgan fingerprint density at radius 1 is 1.33 bits per heavy atom. The van der Waals surface area contributed by atoms with Crippen molar-refractivity contribution in [1.29, 1.82) is 0 Å². The van der Waals surface area contributed by atoms with E-state index in [2.05, 4.69) is 39.0 Å². The van der Waals surface area contributed by atoms with Gasteiger partial charge in [0.05, 0.1) is 10.6 Å². The van der Waals surface area contributed by atoms with E-state index in [1.54, 1.807) is 6.07 Å². The second kappa shape index (κ2) is 6.04. The van der Waals surface area contributed by atoms with Crippen molar-refractivity contribution in [2.24, 2.45) is 5.92 Å². The monoisotopic (exact) mass is 293 g/mol. The molecule has 1 atom stereocenters. The van der Waals surface area contributed by atoms with E-state index in [1.165, 1.54) is 6.07 Å². The Morgan fingerprint density at radius 3 is 2.57 bits per heavy atom. The lowest BCUT2D eigenvalue weighted by Crippen LogP contribution is -2.36. The van der Waals surface area contributed by atoms with Gasteiger partial charge in [-0.15, -0.1) is 0 Å². The zero-order chi connectivity index (χ0) is 15.6. The molecule has 1 aromatic carbocycles. The van der Waals surface area contributed by atoms with Gasteiger partial charge < -0.3 is 10.2 Å². The maximum atomic E-state index is 11.0. The molecule has 1 heterocycles. The van der Waals surface area contributed by atoms with Gasteiger partial charge in [0.2, 0.25) is 5.52 Å². The number of nitrogens with one attached hydrogen (secondary N) is 1. The van der Waals surface area contributed by atoms with Gasteiger partial charge in [0, 0.05) is 18.7 Å². The number of nitro groups is 1. The molecular formula is C13H19N5O3. The maximum absolute atomic E-state index is 11.0. The number of nitrogens with zero attached hydrogens (tertiary/aromatic N) is 4. The summed E-state index contributed by atoms with van der Waals surface area (Å²) >= 11 is 0. The molecule has 8 nitrogen and oxygen atoms in total. The molecule has 8 heteroatoms. The summed E-state index contributed by atoms with van der Waals surface area (Å²) in [4.78, 5) is 12.6. The van der Waals surface area contributed by atoms with Crippen LogP contribution in [0.25, 0.3) is 11.0 Å². The third kappa shape index (κ3) is 3.27. The highest BCUT2D eigenvalue weighted by Gasteiger charge is 2.22. The summed E-state index contributed by atoms with van der Waals surface area (Å²) < 4.78 is 4.66. The largest absolute Gasteiger partial charge is 0.379 e. The molecule has 0 bridgehead atoms. The predicted molar refractivity (Wildman–Crippen MR) is 79.3 cm³/mol. The Hall–Kier alpha value is -2.22. The Balaban J connectivity index is 2.36. The van der Waals surface area contributed by atoms with Crippen LogP contribution in [-0.4, -0.2) is 46.8 Å². The van der Waals surface area contributed by atoms with E-state index < -0.39 is 4.92 Å².